The van der Waals surface area contributed by atoms with Crippen LogP contribution in [-0.4, -0.2) is 9.13 Å². The fourth-order valence-electron chi connectivity index (χ4n) is 13.6. The molecule has 0 amide bonds. The lowest BCUT2D eigenvalue weighted by Crippen LogP contribution is -1.99. The molecule has 0 N–H and O–H groups in total. The van der Waals surface area contributed by atoms with E-state index < -0.39 is 0 Å². The Hall–Kier alpha value is -10.5. The average Bonchev–Trinajstić information content (AvgIpc) is 4.40. The zero-order chi connectivity index (χ0) is 51.7. The van der Waals surface area contributed by atoms with Crippen molar-refractivity contribution in [3.05, 3.63) is 279 Å². The van der Waals surface area contributed by atoms with Gasteiger partial charge in [-0.25, -0.2) is 0 Å². The van der Waals surface area contributed by atoms with Gasteiger partial charge in [-0.15, -0.1) is 0 Å². The number of aromatic nitrogens is 2. The maximum atomic E-state index is 7.30. The first kappa shape index (κ1) is 43.7. The van der Waals surface area contributed by atoms with Crippen LogP contribution in [0, 0.1) is 0 Å². The van der Waals surface area contributed by atoms with E-state index in [1.165, 1.54) is 126 Å². The number of para-hydroxylation sites is 3. The van der Waals surface area contributed by atoms with Crippen molar-refractivity contribution in [3.63, 3.8) is 0 Å². The summed E-state index contributed by atoms with van der Waals surface area (Å²) in [5, 5.41) is 16.6. The SMILES string of the molecule is c1ccc(-c2ccc3c(c2)c2ccccc2n3-c2c3ccccc3c(-c3cccc4c3oc3cccc(-c5c6ccccc6c(-n6c7ccccc7c7cc(-c8ccccc8)ccc76)c6ccccc56)c34)c3ccccc23)cc1. The highest BCUT2D eigenvalue weighted by Crippen LogP contribution is 2.51. The first-order valence-corrected chi connectivity index (χ1v) is 27.2. The molecule has 0 aliphatic rings. The molecule has 0 saturated heterocycles. The van der Waals surface area contributed by atoms with Crippen LogP contribution in [0.4, 0.5) is 0 Å². The quantitative estimate of drug-likeness (QED) is 0.152. The van der Waals surface area contributed by atoms with Gasteiger partial charge in [-0.1, -0.05) is 237 Å². The molecule has 79 heavy (non-hydrogen) atoms. The fourth-order valence-corrected chi connectivity index (χ4v) is 13.6. The van der Waals surface area contributed by atoms with Gasteiger partial charge >= 0.3 is 0 Å². The number of hydrogen-bond acceptors (Lipinski definition) is 1. The van der Waals surface area contributed by atoms with Crippen LogP contribution in [0.3, 0.4) is 0 Å². The van der Waals surface area contributed by atoms with Crippen LogP contribution >= 0.6 is 0 Å². The number of rotatable bonds is 6. The van der Waals surface area contributed by atoms with Crippen LogP contribution in [0.2, 0.25) is 0 Å². The lowest BCUT2D eigenvalue weighted by atomic mass is 9.87. The Morgan fingerprint density at radius 1 is 0.228 bits per heavy atom. The number of hydrogen-bond donors (Lipinski definition) is 0. The monoisotopic (exact) mass is 1000 g/mol. The molecule has 14 aromatic carbocycles. The maximum Gasteiger partial charge on any atom is 0.143 e. The zero-order valence-electron chi connectivity index (χ0n) is 42.9. The van der Waals surface area contributed by atoms with Gasteiger partial charge in [0.1, 0.15) is 11.2 Å². The van der Waals surface area contributed by atoms with Gasteiger partial charge in [0, 0.05) is 65.0 Å². The lowest BCUT2D eigenvalue weighted by Gasteiger charge is -2.20. The van der Waals surface area contributed by atoms with Crippen molar-refractivity contribution in [3.8, 4) is 55.9 Å². The van der Waals surface area contributed by atoms with Crippen LogP contribution in [-0.2, 0) is 0 Å². The van der Waals surface area contributed by atoms with Gasteiger partial charge in [0.15, 0.2) is 0 Å². The average molecular weight is 1000 g/mol. The molecule has 366 valence electrons. The molecule has 3 aromatic heterocycles. The topological polar surface area (TPSA) is 23.0 Å². The Morgan fingerprint density at radius 2 is 0.582 bits per heavy atom. The van der Waals surface area contributed by atoms with Gasteiger partial charge in [0.2, 0.25) is 0 Å². The number of fused-ring (bicyclic) bond motifs is 13. The van der Waals surface area contributed by atoms with E-state index in [9.17, 15) is 0 Å². The Bertz CT molecular complexity index is 5250. The minimum atomic E-state index is 0.860. The van der Waals surface area contributed by atoms with Gasteiger partial charge in [0.25, 0.3) is 0 Å². The first-order chi connectivity index (χ1) is 39.2. The Labute approximate surface area is 454 Å². The molecule has 0 aliphatic carbocycles. The van der Waals surface area contributed by atoms with E-state index in [2.05, 4.69) is 288 Å². The van der Waals surface area contributed by atoms with Crippen LogP contribution in [0.5, 0.6) is 0 Å². The predicted octanol–water partition coefficient (Wildman–Crippen LogP) is 21.1. The van der Waals surface area contributed by atoms with Gasteiger partial charge in [-0.3, -0.25) is 0 Å². The third kappa shape index (κ3) is 6.36. The van der Waals surface area contributed by atoms with Crippen molar-refractivity contribution in [1.82, 2.24) is 9.13 Å². The van der Waals surface area contributed by atoms with Crippen molar-refractivity contribution >= 4 is 109 Å². The summed E-state index contributed by atoms with van der Waals surface area (Å²) in [5.41, 5.74) is 18.2. The van der Waals surface area contributed by atoms with Gasteiger partial charge < -0.3 is 13.6 Å². The van der Waals surface area contributed by atoms with Crippen molar-refractivity contribution in [1.29, 1.82) is 0 Å². The van der Waals surface area contributed by atoms with Crippen molar-refractivity contribution in [2.24, 2.45) is 0 Å². The lowest BCUT2D eigenvalue weighted by molar-refractivity contribution is 0.670. The summed E-state index contributed by atoms with van der Waals surface area (Å²) in [6, 6.07) is 102. The molecular formula is C76H46N2O. The first-order valence-electron chi connectivity index (χ1n) is 27.2. The van der Waals surface area contributed by atoms with Crippen LogP contribution in [0.1, 0.15) is 0 Å². The van der Waals surface area contributed by atoms with Crippen molar-refractivity contribution in [2.45, 2.75) is 0 Å². The summed E-state index contributed by atoms with van der Waals surface area (Å²) in [6.45, 7) is 0. The summed E-state index contributed by atoms with van der Waals surface area (Å²) >= 11 is 0. The molecule has 0 bridgehead atoms. The summed E-state index contributed by atoms with van der Waals surface area (Å²) in [4.78, 5) is 0. The maximum absolute atomic E-state index is 7.30. The van der Waals surface area contributed by atoms with Gasteiger partial charge in [-0.2, -0.15) is 0 Å². The standard InChI is InChI=1S/C76H46N2O/c1-3-21-47(22-4-1)49-41-43-68-64(45-49)51-25-15-17-38-66(51)77(68)74-57-31-11-7-27-53(57)71(54-28-8-12-32-58(54)74)61-35-20-40-70-73(61)63-37-19-36-62(76(63)79-70)72-55-29-9-13-33-59(55)75(60-34-14-10-30-56(60)72)78-67-39-18-16-26-52(67)65-46-50(42-44-69(65)78)48-23-5-2-6-24-48/h1-46H. The molecule has 17 aromatic rings. The largest absolute Gasteiger partial charge is 0.455 e. The van der Waals surface area contributed by atoms with Crippen LogP contribution < -0.4 is 0 Å². The van der Waals surface area contributed by atoms with Crippen LogP contribution in [0.25, 0.3) is 165 Å². The summed E-state index contributed by atoms with van der Waals surface area (Å²) in [7, 11) is 0. The van der Waals surface area contributed by atoms with E-state index in [0.717, 1.165) is 38.6 Å². The highest BCUT2D eigenvalue weighted by molar-refractivity contribution is 6.28. The number of benzene rings is 14. The Balaban J connectivity index is 0.900. The van der Waals surface area contributed by atoms with Crippen molar-refractivity contribution in [2.75, 3.05) is 0 Å². The molecule has 3 heteroatoms. The van der Waals surface area contributed by atoms with Gasteiger partial charge in [0.05, 0.1) is 33.4 Å². The molecule has 0 atom stereocenters. The third-order valence-corrected chi connectivity index (χ3v) is 16.9. The van der Waals surface area contributed by atoms with E-state index in [1.54, 1.807) is 0 Å². The second-order valence-electron chi connectivity index (χ2n) is 21.0. The smallest absolute Gasteiger partial charge is 0.143 e. The van der Waals surface area contributed by atoms with Crippen molar-refractivity contribution < 1.29 is 4.42 Å². The van der Waals surface area contributed by atoms with Crippen LogP contribution in [0.15, 0.2) is 283 Å². The summed E-state index contributed by atoms with van der Waals surface area (Å²) < 4.78 is 12.3. The normalized spacial score (nSPS) is 12.1. The predicted molar refractivity (Wildman–Crippen MR) is 334 cm³/mol. The van der Waals surface area contributed by atoms with Gasteiger partial charge in [-0.05, 0) is 97.4 Å². The molecule has 0 radical (unpaired) electrons. The molecule has 0 unspecified atom stereocenters. The molecule has 0 saturated carbocycles. The molecule has 17 rings (SSSR count). The van der Waals surface area contributed by atoms with E-state index in [1.807, 2.05) is 0 Å². The summed E-state index contributed by atoms with van der Waals surface area (Å²) in [5.74, 6) is 0. The van der Waals surface area contributed by atoms with E-state index >= 15 is 0 Å². The molecule has 3 nitrogen and oxygen atoms in total. The molecule has 0 spiro atoms. The van der Waals surface area contributed by atoms with E-state index in [-0.39, 0.29) is 0 Å². The molecule has 0 aliphatic heterocycles. The minimum absolute atomic E-state index is 0.860. The Kier molecular flexibility index (Phi) is 9.42. The molecule has 0 fully saturated rings. The molecular weight excluding hydrogens is 957 g/mol. The highest BCUT2D eigenvalue weighted by Gasteiger charge is 2.26. The van der Waals surface area contributed by atoms with E-state index in [0.29, 0.717) is 0 Å². The fraction of sp³-hybridized carbons (Fsp3) is 0. The zero-order valence-corrected chi connectivity index (χ0v) is 42.9. The molecule has 3 heterocycles. The van der Waals surface area contributed by atoms with E-state index in [4.69, 9.17) is 4.42 Å². The minimum Gasteiger partial charge on any atom is -0.455 e. The highest BCUT2D eigenvalue weighted by atomic mass is 16.3. The Morgan fingerprint density at radius 3 is 1.05 bits per heavy atom. The number of furan rings is 1. The second-order valence-corrected chi connectivity index (χ2v) is 21.0. The third-order valence-electron chi connectivity index (χ3n) is 16.9. The summed E-state index contributed by atoms with van der Waals surface area (Å²) in [6.07, 6.45) is 0. The number of nitrogens with zero attached hydrogens (tertiary/aromatic N) is 2. The second kappa shape index (κ2) is 17.0.